The van der Waals surface area contributed by atoms with Gasteiger partial charge in [-0.05, 0) is 38.0 Å². The van der Waals surface area contributed by atoms with Gasteiger partial charge in [-0.15, -0.1) is 0 Å². The molecular formula is C16H14ClF3N4O. The van der Waals surface area contributed by atoms with Crippen molar-refractivity contribution in [3.05, 3.63) is 46.4 Å². The van der Waals surface area contributed by atoms with Crippen molar-refractivity contribution in [1.29, 1.82) is 0 Å². The molecule has 0 unspecified atom stereocenters. The van der Waals surface area contributed by atoms with Gasteiger partial charge < -0.3 is 10.6 Å². The zero-order chi connectivity index (χ0) is 18.2. The first-order chi connectivity index (χ1) is 11.7. The van der Waals surface area contributed by atoms with Gasteiger partial charge in [0, 0.05) is 17.1 Å². The lowest BCUT2D eigenvalue weighted by Gasteiger charge is -2.14. The Balaban J connectivity index is 1.86. The van der Waals surface area contributed by atoms with Crippen molar-refractivity contribution in [1.82, 2.24) is 9.97 Å². The Morgan fingerprint density at radius 2 is 1.96 bits per heavy atom. The highest BCUT2D eigenvalue weighted by Gasteiger charge is 2.34. The molecule has 132 valence electrons. The predicted molar refractivity (Wildman–Crippen MR) is 87.8 cm³/mol. The summed E-state index contributed by atoms with van der Waals surface area (Å²) >= 11 is 5.63. The van der Waals surface area contributed by atoms with Gasteiger partial charge in [-0.2, -0.15) is 13.2 Å². The maximum Gasteiger partial charge on any atom is 0.418 e. The third-order valence-electron chi connectivity index (χ3n) is 3.54. The molecule has 5 nitrogen and oxygen atoms in total. The summed E-state index contributed by atoms with van der Waals surface area (Å²) < 4.78 is 39.3. The standard InChI is InChI=1S/C16H14ClF3N4O/c1-8-21-13(7-14(22-8)23-10-3-4-10)15(25)24-12-5-2-9(17)6-11(12)16(18,19)20/h2,5-7,10H,3-4H2,1H3,(H,24,25)(H,21,22,23). The second kappa shape index (κ2) is 6.51. The molecule has 1 amide bonds. The molecule has 0 bridgehead atoms. The number of anilines is 2. The molecule has 1 aromatic carbocycles. The number of amides is 1. The molecule has 1 aromatic heterocycles. The fraction of sp³-hybridized carbons (Fsp3) is 0.312. The minimum absolute atomic E-state index is 0.0151. The molecule has 1 saturated carbocycles. The van der Waals surface area contributed by atoms with E-state index in [0.29, 0.717) is 17.7 Å². The van der Waals surface area contributed by atoms with Crippen LogP contribution in [0.2, 0.25) is 5.02 Å². The lowest BCUT2D eigenvalue weighted by molar-refractivity contribution is -0.136. The average Bonchev–Trinajstić information content (AvgIpc) is 3.31. The van der Waals surface area contributed by atoms with Gasteiger partial charge in [-0.3, -0.25) is 4.79 Å². The summed E-state index contributed by atoms with van der Waals surface area (Å²) in [4.78, 5) is 20.5. The molecule has 0 radical (unpaired) electrons. The van der Waals surface area contributed by atoms with E-state index in [1.54, 1.807) is 6.92 Å². The van der Waals surface area contributed by atoms with Crippen LogP contribution in [-0.4, -0.2) is 21.9 Å². The number of carbonyl (C=O) groups excluding carboxylic acids is 1. The Kier molecular flexibility index (Phi) is 4.55. The van der Waals surface area contributed by atoms with Crippen molar-refractivity contribution in [2.75, 3.05) is 10.6 Å². The number of benzene rings is 1. The molecule has 9 heteroatoms. The fourth-order valence-corrected chi connectivity index (χ4v) is 2.41. The topological polar surface area (TPSA) is 66.9 Å². The van der Waals surface area contributed by atoms with Gasteiger partial charge in [0.05, 0.1) is 11.3 Å². The second-order valence-corrected chi connectivity index (χ2v) is 6.18. The van der Waals surface area contributed by atoms with Crippen LogP contribution in [0.15, 0.2) is 24.3 Å². The number of halogens is 4. The van der Waals surface area contributed by atoms with Gasteiger partial charge in [-0.1, -0.05) is 11.6 Å². The zero-order valence-corrected chi connectivity index (χ0v) is 13.9. The van der Waals surface area contributed by atoms with Crippen LogP contribution in [0.1, 0.15) is 34.7 Å². The molecule has 1 aliphatic rings. The molecule has 2 N–H and O–H groups in total. The highest BCUT2D eigenvalue weighted by atomic mass is 35.5. The van der Waals surface area contributed by atoms with Gasteiger partial charge in [-0.25, -0.2) is 9.97 Å². The van der Waals surface area contributed by atoms with Gasteiger partial charge in [0.2, 0.25) is 0 Å². The van der Waals surface area contributed by atoms with Crippen molar-refractivity contribution in [3.63, 3.8) is 0 Å². The highest BCUT2D eigenvalue weighted by molar-refractivity contribution is 6.30. The first-order valence-corrected chi connectivity index (χ1v) is 7.90. The summed E-state index contributed by atoms with van der Waals surface area (Å²) in [5, 5.41) is 5.31. The Morgan fingerprint density at radius 1 is 1.24 bits per heavy atom. The Labute approximate surface area is 146 Å². The summed E-state index contributed by atoms with van der Waals surface area (Å²) in [6, 6.07) is 4.89. The number of hydrogen-bond donors (Lipinski definition) is 2. The molecule has 0 saturated heterocycles. The molecule has 2 aromatic rings. The Bertz CT molecular complexity index is 822. The minimum Gasteiger partial charge on any atom is -0.367 e. The third kappa shape index (κ3) is 4.39. The number of carbonyl (C=O) groups is 1. The van der Waals surface area contributed by atoms with Crippen LogP contribution in [0.5, 0.6) is 0 Å². The van der Waals surface area contributed by atoms with Gasteiger partial charge in [0.15, 0.2) is 0 Å². The first kappa shape index (κ1) is 17.5. The predicted octanol–water partition coefficient (Wildman–Crippen LogP) is 4.28. The fourth-order valence-electron chi connectivity index (χ4n) is 2.24. The van der Waals surface area contributed by atoms with E-state index in [9.17, 15) is 18.0 Å². The van der Waals surface area contributed by atoms with E-state index in [-0.39, 0.29) is 16.4 Å². The number of aryl methyl sites for hydroxylation is 1. The molecule has 1 fully saturated rings. The monoisotopic (exact) mass is 370 g/mol. The highest BCUT2D eigenvalue weighted by Crippen LogP contribution is 2.36. The van der Waals surface area contributed by atoms with Crippen LogP contribution in [0.3, 0.4) is 0 Å². The van der Waals surface area contributed by atoms with Crippen LogP contribution in [0.4, 0.5) is 24.7 Å². The van der Waals surface area contributed by atoms with Crippen molar-refractivity contribution in [3.8, 4) is 0 Å². The summed E-state index contributed by atoms with van der Waals surface area (Å²) in [5.41, 5.74) is -1.41. The molecule has 0 atom stereocenters. The van der Waals surface area contributed by atoms with Crippen LogP contribution in [0.25, 0.3) is 0 Å². The summed E-state index contributed by atoms with van der Waals surface area (Å²) in [5.74, 6) is 0.0763. The SMILES string of the molecule is Cc1nc(NC2CC2)cc(C(=O)Nc2ccc(Cl)cc2C(F)(F)F)n1. The van der Waals surface area contributed by atoms with E-state index < -0.39 is 17.6 Å². The number of nitrogens with zero attached hydrogens (tertiary/aromatic N) is 2. The lowest BCUT2D eigenvalue weighted by atomic mass is 10.1. The van der Waals surface area contributed by atoms with Crippen LogP contribution in [0, 0.1) is 6.92 Å². The number of alkyl halides is 3. The van der Waals surface area contributed by atoms with Gasteiger partial charge in [0.1, 0.15) is 17.3 Å². The molecule has 3 rings (SSSR count). The van der Waals surface area contributed by atoms with Gasteiger partial charge >= 0.3 is 6.18 Å². The normalized spacial score (nSPS) is 14.3. The van der Waals surface area contributed by atoms with Crippen LogP contribution in [-0.2, 0) is 6.18 Å². The largest absolute Gasteiger partial charge is 0.418 e. The molecule has 0 aliphatic heterocycles. The summed E-state index contributed by atoms with van der Waals surface area (Å²) in [7, 11) is 0. The van der Waals surface area contributed by atoms with Crippen LogP contribution < -0.4 is 10.6 Å². The molecule has 0 spiro atoms. The maximum atomic E-state index is 13.1. The van der Waals surface area contributed by atoms with E-state index in [0.717, 1.165) is 25.0 Å². The van der Waals surface area contributed by atoms with Crippen LogP contribution >= 0.6 is 11.6 Å². The smallest absolute Gasteiger partial charge is 0.367 e. The van der Waals surface area contributed by atoms with Crippen molar-refractivity contribution < 1.29 is 18.0 Å². The quantitative estimate of drug-likeness (QED) is 0.842. The number of nitrogens with one attached hydrogen (secondary N) is 2. The number of rotatable bonds is 4. The summed E-state index contributed by atoms with van der Waals surface area (Å²) in [6.45, 7) is 1.61. The average molecular weight is 371 g/mol. The van der Waals surface area contributed by atoms with E-state index in [1.807, 2.05) is 0 Å². The zero-order valence-electron chi connectivity index (χ0n) is 13.1. The van der Waals surface area contributed by atoms with E-state index in [1.165, 1.54) is 12.1 Å². The molecular weight excluding hydrogens is 357 g/mol. The van der Waals surface area contributed by atoms with Gasteiger partial charge in [0.25, 0.3) is 5.91 Å². The minimum atomic E-state index is -4.65. The third-order valence-corrected chi connectivity index (χ3v) is 3.77. The van der Waals surface area contributed by atoms with E-state index >= 15 is 0 Å². The Hall–Kier alpha value is -2.35. The van der Waals surface area contributed by atoms with Crippen molar-refractivity contribution >= 4 is 29.0 Å². The van der Waals surface area contributed by atoms with Crippen molar-refractivity contribution in [2.24, 2.45) is 0 Å². The second-order valence-electron chi connectivity index (χ2n) is 5.75. The number of aromatic nitrogens is 2. The lowest BCUT2D eigenvalue weighted by Crippen LogP contribution is -2.19. The Morgan fingerprint density at radius 3 is 2.60 bits per heavy atom. The first-order valence-electron chi connectivity index (χ1n) is 7.53. The number of hydrogen-bond acceptors (Lipinski definition) is 4. The molecule has 25 heavy (non-hydrogen) atoms. The molecule has 1 heterocycles. The summed E-state index contributed by atoms with van der Waals surface area (Å²) in [6.07, 6.45) is -2.61. The van der Waals surface area contributed by atoms with E-state index in [4.69, 9.17) is 11.6 Å². The molecule has 1 aliphatic carbocycles. The van der Waals surface area contributed by atoms with Crippen molar-refractivity contribution in [2.45, 2.75) is 32.0 Å². The maximum absolute atomic E-state index is 13.1. The van der Waals surface area contributed by atoms with E-state index in [2.05, 4.69) is 20.6 Å².